The Kier molecular flexibility index (Phi) is 6.62. The Morgan fingerprint density at radius 3 is 2.56 bits per heavy atom. The van der Waals surface area contributed by atoms with Crippen LogP contribution in [0, 0.1) is 16.6 Å². The molecule has 1 saturated carbocycles. The predicted molar refractivity (Wildman–Crippen MR) is 140 cm³/mol. The van der Waals surface area contributed by atoms with E-state index in [-0.39, 0.29) is 17.0 Å². The van der Waals surface area contributed by atoms with E-state index in [2.05, 4.69) is 21.5 Å². The zero-order valence-corrected chi connectivity index (χ0v) is 19.5. The molecule has 36 heavy (non-hydrogen) atoms. The molecule has 2 aromatic heterocycles. The van der Waals surface area contributed by atoms with E-state index in [4.69, 9.17) is 10.8 Å². The Labute approximate surface area is 208 Å². The van der Waals surface area contributed by atoms with E-state index in [0.717, 1.165) is 29.5 Å². The lowest BCUT2D eigenvalue weighted by atomic mass is 10.0. The fourth-order valence-electron chi connectivity index (χ4n) is 3.70. The number of aromatic nitrogens is 3. The van der Waals surface area contributed by atoms with Crippen molar-refractivity contribution in [2.75, 3.05) is 0 Å². The highest BCUT2D eigenvalue weighted by Crippen LogP contribution is 2.22. The molecule has 1 fully saturated rings. The molecule has 0 atom stereocenters. The van der Waals surface area contributed by atoms with Crippen molar-refractivity contribution >= 4 is 23.6 Å². The molecule has 1 aliphatic carbocycles. The molecule has 1 aliphatic rings. The van der Waals surface area contributed by atoms with Gasteiger partial charge in [0.05, 0.1) is 11.4 Å². The van der Waals surface area contributed by atoms with E-state index in [9.17, 15) is 4.39 Å². The number of hydrogen-bond acceptors (Lipinski definition) is 5. The van der Waals surface area contributed by atoms with Crippen molar-refractivity contribution in [2.45, 2.75) is 18.9 Å². The summed E-state index contributed by atoms with van der Waals surface area (Å²) >= 11 is 0. The molecule has 3 N–H and O–H groups in total. The van der Waals surface area contributed by atoms with E-state index < -0.39 is 0 Å². The van der Waals surface area contributed by atoms with Crippen LogP contribution in [0.1, 0.15) is 29.7 Å². The number of rotatable bonds is 8. The standard InChI is InChI=1S/C29H25FN6/c30-24-8-6-21(7-9-24)29(32)26(19-34-25-10-11-25)27-12-13-28(31)36(35-27)16-14-20-3-1-4-22(17-20)23-5-2-15-33-18-23/h1-9,12-19,25,31-32,34H,10-11H2/b16-14+,26-19-,31-28?,32-29?. The summed E-state index contributed by atoms with van der Waals surface area (Å²) in [5.41, 5.74) is 5.18. The lowest BCUT2D eigenvalue weighted by Crippen LogP contribution is -2.20. The third-order valence-electron chi connectivity index (χ3n) is 5.87. The maximum Gasteiger partial charge on any atom is 0.146 e. The average Bonchev–Trinajstić information content (AvgIpc) is 3.74. The zero-order valence-electron chi connectivity index (χ0n) is 19.5. The first-order valence-electron chi connectivity index (χ1n) is 11.7. The third-order valence-corrected chi connectivity index (χ3v) is 5.87. The molecular formula is C29H25FN6. The number of benzene rings is 2. The van der Waals surface area contributed by atoms with Gasteiger partial charge in [-0.05, 0) is 78.6 Å². The van der Waals surface area contributed by atoms with Crippen molar-refractivity contribution in [1.29, 1.82) is 10.8 Å². The van der Waals surface area contributed by atoms with Crippen molar-refractivity contribution in [3.8, 4) is 11.1 Å². The summed E-state index contributed by atoms with van der Waals surface area (Å²) in [4.78, 5) is 4.19. The maximum absolute atomic E-state index is 13.4. The molecule has 4 aromatic rings. The van der Waals surface area contributed by atoms with E-state index in [1.54, 1.807) is 42.9 Å². The summed E-state index contributed by atoms with van der Waals surface area (Å²) in [5, 5.41) is 25.1. The fourth-order valence-corrected chi connectivity index (χ4v) is 3.70. The zero-order chi connectivity index (χ0) is 24.9. The number of nitrogens with one attached hydrogen (secondary N) is 3. The normalized spacial score (nSPS) is 13.6. The summed E-state index contributed by atoms with van der Waals surface area (Å²) in [7, 11) is 0. The Bertz CT molecular complexity index is 1500. The van der Waals surface area contributed by atoms with Crippen LogP contribution < -0.4 is 10.8 Å². The van der Waals surface area contributed by atoms with Crippen LogP contribution in [0.2, 0.25) is 0 Å². The van der Waals surface area contributed by atoms with Gasteiger partial charge in [0.1, 0.15) is 11.3 Å². The number of hydrogen-bond donors (Lipinski definition) is 3. The fraction of sp³-hybridized carbons (Fsp3) is 0.103. The first-order chi connectivity index (χ1) is 17.6. The second kappa shape index (κ2) is 10.3. The van der Waals surface area contributed by atoms with Gasteiger partial charge >= 0.3 is 0 Å². The number of pyridine rings is 1. The summed E-state index contributed by atoms with van der Waals surface area (Å²) in [6, 6.07) is 21.6. The highest BCUT2D eigenvalue weighted by atomic mass is 19.1. The van der Waals surface area contributed by atoms with E-state index in [0.29, 0.717) is 22.9 Å². The van der Waals surface area contributed by atoms with Gasteiger partial charge in [0.25, 0.3) is 0 Å². The van der Waals surface area contributed by atoms with Crippen LogP contribution in [-0.4, -0.2) is 26.5 Å². The highest BCUT2D eigenvalue weighted by molar-refractivity contribution is 6.29. The average molecular weight is 477 g/mol. The minimum absolute atomic E-state index is 0.209. The number of halogens is 1. The lowest BCUT2D eigenvalue weighted by Gasteiger charge is -2.12. The Morgan fingerprint density at radius 1 is 1.00 bits per heavy atom. The molecular weight excluding hydrogens is 451 g/mol. The monoisotopic (exact) mass is 476 g/mol. The minimum Gasteiger partial charge on any atom is -0.388 e. The van der Waals surface area contributed by atoms with Crippen molar-refractivity contribution in [3.05, 3.63) is 120 Å². The smallest absolute Gasteiger partial charge is 0.146 e. The molecule has 5 rings (SSSR count). The van der Waals surface area contributed by atoms with Crippen LogP contribution in [-0.2, 0) is 0 Å². The molecule has 2 aromatic carbocycles. The lowest BCUT2D eigenvalue weighted by molar-refractivity contribution is 0.628. The van der Waals surface area contributed by atoms with Gasteiger partial charge in [-0.25, -0.2) is 9.07 Å². The molecule has 0 bridgehead atoms. The van der Waals surface area contributed by atoms with Crippen LogP contribution >= 0.6 is 0 Å². The molecule has 2 heterocycles. The Morgan fingerprint density at radius 2 is 1.81 bits per heavy atom. The maximum atomic E-state index is 13.4. The predicted octanol–water partition coefficient (Wildman–Crippen LogP) is 5.35. The van der Waals surface area contributed by atoms with Gasteiger partial charge < -0.3 is 5.32 Å². The third kappa shape index (κ3) is 5.52. The van der Waals surface area contributed by atoms with Crippen molar-refractivity contribution < 1.29 is 4.39 Å². The van der Waals surface area contributed by atoms with Gasteiger partial charge in [-0.3, -0.25) is 15.8 Å². The largest absolute Gasteiger partial charge is 0.388 e. The molecule has 0 radical (unpaired) electrons. The van der Waals surface area contributed by atoms with Gasteiger partial charge in [0.2, 0.25) is 0 Å². The molecule has 0 aliphatic heterocycles. The second-order valence-corrected chi connectivity index (χ2v) is 8.61. The first-order valence-corrected chi connectivity index (χ1v) is 11.7. The van der Waals surface area contributed by atoms with Gasteiger partial charge in [-0.2, -0.15) is 5.10 Å². The summed E-state index contributed by atoms with van der Waals surface area (Å²) in [6.07, 6.45) is 11.2. The summed E-state index contributed by atoms with van der Waals surface area (Å²) in [5.74, 6) is -0.347. The SMILES string of the molecule is N=C(/C(=C\NC1CC1)c1ccc(=N)n(/C=C/c2cccc(-c3cccnc3)c2)n1)c1ccc(F)cc1. The topological polar surface area (TPSA) is 90.4 Å². The van der Waals surface area contributed by atoms with E-state index >= 15 is 0 Å². The second-order valence-electron chi connectivity index (χ2n) is 8.61. The summed E-state index contributed by atoms with van der Waals surface area (Å²) < 4.78 is 14.9. The molecule has 0 spiro atoms. The minimum atomic E-state index is -0.347. The van der Waals surface area contributed by atoms with Gasteiger partial charge in [0.15, 0.2) is 0 Å². The van der Waals surface area contributed by atoms with Crippen molar-refractivity contribution in [2.24, 2.45) is 0 Å². The Hall–Kier alpha value is -4.65. The van der Waals surface area contributed by atoms with E-state index in [1.807, 2.05) is 42.6 Å². The number of allylic oxidation sites excluding steroid dienone is 1. The van der Waals surface area contributed by atoms with Crippen LogP contribution in [0.5, 0.6) is 0 Å². The van der Waals surface area contributed by atoms with Crippen LogP contribution in [0.3, 0.4) is 0 Å². The molecule has 0 unspecified atom stereocenters. The van der Waals surface area contributed by atoms with Gasteiger partial charge in [-0.15, -0.1) is 0 Å². The first kappa shape index (κ1) is 23.1. The Balaban J connectivity index is 1.45. The highest BCUT2D eigenvalue weighted by Gasteiger charge is 2.21. The van der Waals surface area contributed by atoms with E-state index in [1.165, 1.54) is 16.8 Å². The van der Waals surface area contributed by atoms with Crippen molar-refractivity contribution in [3.63, 3.8) is 0 Å². The van der Waals surface area contributed by atoms with Crippen LogP contribution in [0.25, 0.3) is 29.0 Å². The quantitative estimate of drug-likeness (QED) is 0.299. The molecule has 178 valence electrons. The number of nitrogens with zero attached hydrogens (tertiary/aromatic N) is 3. The molecule has 7 heteroatoms. The van der Waals surface area contributed by atoms with Crippen molar-refractivity contribution in [1.82, 2.24) is 20.1 Å². The van der Waals surface area contributed by atoms with Crippen LogP contribution in [0.4, 0.5) is 4.39 Å². The van der Waals surface area contributed by atoms with Gasteiger partial charge in [0, 0.05) is 47.5 Å². The molecule has 0 saturated heterocycles. The van der Waals surface area contributed by atoms with Crippen LogP contribution in [0.15, 0.2) is 91.4 Å². The molecule has 6 nitrogen and oxygen atoms in total. The van der Waals surface area contributed by atoms with Gasteiger partial charge in [-0.1, -0.05) is 24.3 Å². The summed E-state index contributed by atoms with van der Waals surface area (Å²) in [6.45, 7) is 0. The molecule has 0 amide bonds.